The Labute approximate surface area is 595 Å². The third-order valence-corrected chi connectivity index (χ3v) is 18.0. The SMILES string of the molecule is CC/C=C\C/C=C\C/C=C\C/C=C\C/C=C\CCCCCC(=O)OCC(COP(=O)(O)OCC(O)COP(=O)(O)OCC(COC(=O)CCCCCCCCCCCCC)OC(=O)CCCCCCCCCCCCC)OC(=O)CCCCCCCCC/C=C\C/C=C\C/C=C\CC. The van der Waals surface area contributed by atoms with Gasteiger partial charge in [0.25, 0.3) is 0 Å². The first-order valence-corrected chi connectivity index (χ1v) is 41.5. The highest BCUT2D eigenvalue weighted by molar-refractivity contribution is 7.47. The molecule has 5 atom stereocenters. The van der Waals surface area contributed by atoms with Crippen molar-refractivity contribution < 1.29 is 80.2 Å². The van der Waals surface area contributed by atoms with Gasteiger partial charge in [0, 0.05) is 25.7 Å². The van der Waals surface area contributed by atoms with Crippen LogP contribution in [0.15, 0.2) is 97.2 Å². The van der Waals surface area contributed by atoms with Crippen molar-refractivity contribution >= 4 is 39.5 Å². The molecule has 3 N–H and O–H groups in total. The summed E-state index contributed by atoms with van der Waals surface area (Å²) in [4.78, 5) is 72.8. The van der Waals surface area contributed by atoms with E-state index in [-0.39, 0.29) is 25.7 Å². The van der Waals surface area contributed by atoms with Crippen LogP contribution in [0, 0.1) is 0 Å². The van der Waals surface area contributed by atoms with Crippen LogP contribution in [0.25, 0.3) is 0 Å². The molecule has 0 radical (unpaired) electrons. The molecule has 0 rings (SSSR count). The largest absolute Gasteiger partial charge is 0.472 e. The van der Waals surface area contributed by atoms with Gasteiger partial charge < -0.3 is 33.8 Å². The van der Waals surface area contributed by atoms with Gasteiger partial charge in [0.05, 0.1) is 26.4 Å². The van der Waals surface area contributed by atoms with E-state index >= 15 is 0 Å². The number of aliphatic hydroxyl groups is 1. The number of rotatable bonds is 72. The molecule has 0 saturated carbocycles. The van der Waals surface area contributed by atoms with Crippen LogP contribution in [-0.4, -0.2) is 96.7 Å². The second-order valence-electron chi connectivity index (χ2n) is 25.5. The molecule has 0 saturated heterocycles. The molecule has 0 aromatic heterocycles. The average Bonchev–Trinajstić information content (AvgIpc) is 0.979. The van der Waals surface area contributed by atoms with Gasteiger partial charge in [-0.3, -0.25) is 37.3 Å². The highest BCUT2D eigenvalue weighted by Crippen LogP contribution is 2.45. The van der Waals surface area contributed by atoms with E-state index in [0.29, 0.717) is 25.7 Å². The maximum atomic E-state index is 13.1. The molecule has 0 spiro atoms. The van der Waals surface area contributed by atoms with Crippen LogP contribution in [-0.2, 0) is 65.4 Å². The van der Waals surface area contributed by atoms with E-state index < -0.39 is 97.5 Å². The smallest absolute Gasteiger partial charge is 0.462 e. The third-order valence-electron chi connectivity index (χ3n) is 16.1. The fourth-order valence-electron chi connectivity index (χ4n) is 10.3. The first kappa shape index (κ1) is 94.0. The van der Waals surface area contributed by atoms with E-state index in [1.165, 1.54) is 83.5 Å². The lowest BCUT2D eigenvalue weighted by molar-refractivity contribution is -0.161. The first-order chi connectivity index (χ1) is 47.7. The number of allylic oxidation sites excluding steroid dienone is 16. The summed E-state index contributed by atoms with van der Waals surface area (Å²) in [5.41, 5.74) is 0. The lowest BCUT2D eigenvalue weighted by Gasteiger charge is -2.21. The lowest BCUT2D eigenvalue weighted by Crippen LogP contribution is -2.30. The van der Waals surface area contributed by atoms with Gasteiger partial charge in [-0.1, -0.05) is 292 Å². The fourth-order valence-corrected chi connectivity index (χ4v) is 11.8. The van der Waals surface area contributed by atoms with Crippen molar-refractivity contribution in [2.75, 3.05) is 39.6 Å². The maximum absolute atomic E-state index is 13.1. The summed E-state index contributed by atoms with van der Waals surface area (Å²) in [5, 5.41) is 10.6. The van der Waals surface area contributed by atoms with Gasteiger partial charge in [0.2, 0.25) is 0 Å². The van der Waals surface area contributed by atoms with Crippen molar-refractivity contribution in [1.29, 1.82) is 0 Å². The van der Waals surface area contributed by atoms with E-state index in [1.807, 2.05) is 0 Å². The normalized spacial score (nSPS) is 14.5. The third kappa shape index (κ3) is 70.4. The van der Waals surface area contributed by atoms with Crippen LogP contribution in [0.4, 0.5) is 0 Å². The number of carbonyl (C=O) groups excluding carboxylic acids is 4. The van der Waals surface area contributed by atoms with Crippen LogP contribution in [0.1, 0.15) is 323 Å². The molecule has 0 aromatic rings. The van der Waals surface area contributed by atoms with Gasteiger partial charge in [-0.2, -0.15) is 0 Å². The van der Waals surface area contributed by atoms with Crippen molar-refractivity contribution in [3.8, 4) is 0 Å². The fraction of sp³-hybridized carbons (Fsp3) is 0.747. The van der Waals surface area contributed by atoms with Crippen LogP contribution in [0.2, 0.25) is 0 Å². The molecule has 19 heteroatoms. The Morgan fingerprint density at radius 3 is 0.827 bits per heavy atom. The van der Waals surface area contributed by atoms with E-state index in [4.69, 9.17) is 37.0 Å². The van der Waals surface area contributed by atoms with Crippen LogP contribution < -0.4 is 0 Å². The Kier molecular flexibility index (Phi) is 68.4. The van der Waals surface area contributed by atoms with Crippen LogP contribution in [0.3, 0.4) is 0 Å². The summed E-state index contributed by atoms with van der Waals surface area (Å²) in [6, 6.07) is 0. The number of unbranched alkanes of at least 4 members (excludes halogenated alkanes) is 30. The molecule has 0 amide bonds. The summed E-state index contributed by atoms with van der Waals surface area (Å²) >= 11 is 0. The molecule has 0 bridgehead atoms. The Morgan fingerprint density at radius 2 is 0.531 bits per heavy atom. The summed E-state index contributed by atoms with van der Waals surface area (Å²) in [6.07, 6.45) is 74.0. The summed E-state index contributed by atoms with van der Waals surface area (Å²) in [5.74, 6) is -2.20. The molecular formula is C79H138O17P2. The average molecular weight is 1420 g/mol. The molecule has 0 heterocycles. The lowest BCUT2D eigenvalue weighted by atomic mass is 10.1. The van der Waals surface area contributed by atoms with Crippen molar-refractivity contribution in [2.45, 2.75) is 341 Å². The first-order valence-electron chi connectivity index (χ1n) is 38.5. The van der Waals surface area contributed by atoms with Crippen molar-refractivity contribution in [1.82, 2.24) is 0 Å². The van der Waals surface area contributed by atoms with Crippen LogP contribution in [0.5, 0.6) is 0 Å². The molecule has 0 aliphatic carbocycles. The molecule has 0 aliphatic heterocycles. The van der Waals surface area contributed by atoms with Crippen molar-refractivity contribution in [3.63, 3.8) is 0 Å². The number of phosphoric ester groups is 2. The standard InChI is InChI=1S/C79H138O17P2/c1-5-9-13-17-21-25-29-31-33-35-36-38-39-41-45-48-52-56-60-64-77(82)90-70-75(96-79(84)66-62-58-54-50-46-42-40-37-34-32-30-26-22-18-14-10-6-2)72-94-98(87,88)92-68-73(80)67-91-97(85,86)93-71-74(95-78(83)65-61-57-53-49-44-28-24-20-16-12-8-4)69-89-76(81)63-59-55-51-47-43-27-23-19-15-11-7-3/h9-10,13-14,21-22,25-26,31-34,36,38,41,45,73-75,80H,5-8,11-12,15-20,23-24,27-30,35,37,39-40,42-44,46-72H2,1-4H3,(H,85,86)(H,87,88)/b13-9-,14-10-,25-21-,26-22-,33-31-,34-32-,38-36-,45-41-. The zero-order valence-corrected chi connectivity index (χ0v) is 63.5. The van der Waals surface area contributed by atoms with Gasteiger partial charge in [0.1, 0.15) is 19.3 Å². The van der Waals surface area contributed by atoms with Gasteiger partial charge in [-0.25, -0.2) is 9.13 Å². The van der Waals surface area contributed by atoms with Crippen LogP contribution >= 0.6 is 15.6 Å². The zero-order valence-electron chi connectivity index (χ0n) is 61.7. The zero-order chi connectivity index (χ0) is 71.8. The van der Waals surface area contributed by atoms with E-state index in [9.17, 15) is 43.2 Å². The van der Waals surface area contributed by atoms with E-state index in [2.05, 4.69) is 125 Å². The number of aliphatic hydroxyl groups excluding tert-OH is 1. The van der Waals surface area contributed by atoms with Crippen molar-refractivity contribution in [2.24, 2.45) is 0 Å². The molecule has 0 fully saturated rings. The Balaban J connectivity index is 5.35. The van der Waals surface area contributed by atoms with Crippen molar-refractivity contribution in [3.05, 3.63) is 97.2 Å². The minimum Gasteiger partial charge on any atom is -0.462 e. The van der Waals surface area contributed by atoms with Gasteiger partial charge in [-0.15, -0.1) is 0 Å². The quantitative estimate of drug-likeness (QED) is 0.0169. The number of ether oxygens (including phenoxy) is 4. The van der Waals surface area contributed by atoms with E-state index in [1.54, 1.807) is 0 Å². The molecule has 0 aliphatic rings. The molecule has 98 heavy (non-hydrogen) atoms. The van der Waals surface area contributed by atoms with Gasteiger partial charge in [-0.05, 0) is 103 Å². The maximum Gasteiger partial charge on any atom is 0.472 e. The number of phosphoric acid groups is 2. The number of esters is 4. The highest BCUT2D eigenvalue weighted by Gasteiger charge is 2.30. The predicted molar refractivity (Wildman–Crippen MR) is 399 cm³/mol. The molecular weight excluding hydrogens is 1280 g/mol. The molecule has 17 nitrogen and oxygen atoms in total. The number of carbonyl (C=O) groups is 4. The second kappa shape index (κ2) is 71.4. The minimum absolute atomic E-state index is 0.0760. The highest BCUT2D eigenvalue weighted by atomic mass is 31.2. The van der Waals surface area contributed by atoms with Gasteiger partial charge >= 0.3 is 39.5 Å². The molecule has 566 valence electrons. The molecule has 5 unspecified atom stereocenters. The summed E-state index contributed by atoms with van der Waals surface area (Å²) in [7, 11) is -9.95. The Bertz CT molecular complexity index is 2240. The Morgan fingerprint density at radius 1 is 0.296 bits per heavy atom. The summed E-state index contributed by atoms with van der Waals surface area (Å²) < 4.78 is 68.4. The molecule has 0 aromatic carbocycles. The topological polar surface area (TPSA) is 237 Å². The van der Waals surface area contributed by atoms with Gasteiger partial charge in [0.15, 0.2) is 12.2 Å². The monoisotopic (exact) mass is 1420 g/mol. The summed E-state index contributed by atoms with van der Waals surface area (Å²) in [6.45, 7) is 4.61. The number of hydrogen-bond donors (Lipinski definition) is 3. The van der Waals surface area contributed by atoms with E-state index in [0.717, 1.165) is 161 Å². The minimum atomic E-state index is -4.98. The Hall–Kier alpha value is -4.02. The predicted octanol–water partition coefficient (Wildman–Crippen LogP) is 22.0. The number of hydrogen-bond acceptors (Lipinski definition) is 15. The second-order valence-corrected chi connectivity index (χ2v) is 28.5.